The Kier molecular flexibility index (Phi) is 3.09. The number of hydrogen-bond acceptors (Lipinski definition) is 6. The van der Waals surface area contributed by atoms with E-state index in [9.17, 15) is 19.8 Å². The summed E-state index contributed by atoms with van der Waals surface area (Å²) in [6.07, 6.45) is 1.01. The molecule has 0 amide bonds. The van der Waals surface area contributed by atoms with E-state index in [2.05, 4.69) is 0 Å². The summed E-state index contributed by atoms with van der Waals surface area (Å²) in [5.74, 6) is -1.17. The molecule has 0 radical (unpaired) electrons. The molecule has 26 heavy (non-hydrogen) atoms. The normalized spacial score (nSPS) is 28.4. The number of ether oxygens (including phenoxy) is 2. The van der Waals surface area contributed by atoms with Crippen LogP contribution in [0.3, 0.4) is 0 Å². The molecule has 2 N–H and O–H groups in total. The van der Waals surface area contributed by atoms with E-state index in [1.807, 2.05) is 0 Å². The van der Waals surface area contributed by atoms with Crippen LogP contribution in [0.15, 0.2) is 23.5 Å². The van der Waals surface area contributed by atoms with Gasteiger partial charge in [-0.1, -0.05) is 13.8 Å². The summed E-state index contributed by atoms with van der Waals surface area (Å²) in [4.78, 5) is 25.9. The number of aromatic hydroxyl groups is 1. The Balaban J connectivity index is 2.21. The first-order chi connectivity index (χ1) is 12.1. The van der Waals surface area contributed by atoms with Crippen LogP contribution < -0.4 is 4.74 Å². The van der Waals surface area contributed by atoms with Gasteiger partial charge in [0.05, 0.1) is 12.7 Å². The third-order valence-electron chi connectivity index (χ3n) is 6.10. The number of hydrogen-bond donors (Lipinski definition) is 2. The van der Waals surface area contributed by atoms with E-state index in [0.29, 0.717) is 16.7 Å². The molecule has 1 fully saturated rings. The minimum absolute atomic E-state index is 0.0181. The standard InChI is InChI=1S/C20H20O6/c1-8-6-11(21)10-7-12(25-5)16(22)15-14(10)13(8)18-20(24,17(15)23)19(3,4)9(2)26-18/h6-7,9,22,24H,1-5H3. The van der Waals surface area contributed by atoms with E-state index >= 15 is 0 Å². The third kappa shape index (κ3) is 1.61. The van der Waals surface area contributed by atoms with E-state index in [1.165, 1.54) is 19.3 Å². The maximum Gasteiger partial charge on any atom is 0.207 e. The minimum atomic E-state index is -1.94. The van der Waals surface area contributed by atoms with Gasteiger partial charge in [0.1, 0.15) is 11.9 Å². The lowest BCUT2D eigenvalue weighted by Gasteiger charge is -2.39. The second kappa shape index (κ2) is 4.76. The summed E-state index contributed by atoms with van der Waals surface area (Å²) in [5, 5.41) is 22.2. The Hall–Kier alpha value is -2.60. The number of carbonyl (C=O) groups excluding carboxylic acids is 2. The highest BCUT2D eigenvalue weighted by atomic mass is 16.5. The van der Waals surface area contributed by atoms with Gasteiger partial charge in [-0.3, -0.25) is 9.59 Å². The average Bonchev–Trinajstić information content (AvgIpc) is 2.75. The van der Waals surface area contributed by atoms with E-state index in [-0.39, 0.29) is 34.2 Å². The fourth-order valence-electron chi connectivity index (χ4n) is 4.13. The third-order valence-corrected chi connectivity index (χ3v) is 6.10. The van der Waals surface area contributed by atoms with Crippen LogP contribution in [-0.2, 0) is 4.74 Å². The van der Waals surface area contributed by atoms with Gasteiger partial charge in [0.15, 0.2) is 22.9 Å². The lowest BCUT2D eigenvalue weighted by molar-refractivity contribution is -0.00669. The highest BCUT2D eigenvalue weighted by Gasteiger charge is 2.66. The van der Waals surface area contributed by atoms with Crippen molar-refractivity contribution in [2.24, 2.45) is 5.41 Å². The number of methoxy groups -OCH3 is 1. The van der Waals surface area contributed by atoms with E-state index in [4.69, 9.17) is 9.47 Å². The fourth-order valence-corrected chi connectivity index (χ4v) is 4.13. The molecular weight excluding hydrogens is 336 g/mol. The minimum Gasteiger partial charge on any atom is -0.504 e. The Bertz CT molecular complexity index is 965. The summed E-state index contributed by atoms with van der Waals surface area (Å²) in [5.41, 5.74) is -1.33. The molecule has 1 aromatic rings. The van der Waals surface area contributed by atoms with Gasteiger partial charge in [-0.05, 0) is 31.6 Å². The topological polar surface area (TPSA) is 93.1 Å². The van der Waals surface area contributed by atoms with Crippen molar-refractivity contribution < 1.29 is 29.3 Å². The molecule has 136 valence electrons. The number of aliphatic hydroxyl groups is 1. The lowest BCUT2D eigenvalue weighted by Crippen LogP contribution is -2.53. The average molecular weight is 356 g/mol. The van der Waals surface area contributed by atoms with Crippen molar-refractivity contribution in [3.8, 4) is 11.5 Å². The Morgan fingerprint density at radius 1 is 1.23 bits per heavy atom. The Labute approximate surface area is 150 Å². The molecule has 2 aliphatic carbocycles. The van der Waals surface area contributed by atoms with Crippen LogP contribution in [-0.4, -0.2) is 40.6 Å². The van der Waals surface area contributed by atoms with Crippen LogP contribution in [0.4, 0.5) is 0 Å². The smallest absolute Gasteiger partial charge is 0.207 e. The van der Waals surface area contributed by atoms with Gasteiger partial charge < -0.3 is 19.7 Å². The molecule has 2 unspecified atom stereocenters. The maximum absolute atomic E-state index is 13.4. The number of fused-ring (bicyclic) bond motifs is 1. The van der Waals surface area contributed by atoms with Crippen molar-refractivity contribution in [3.63, 3.8) is 0 Å². The molecule has 0 bridgehead atoms. The predicted octanol–water partition coefficient (Wildman–Crippen LogP) is 2.63. The van der Waals surface area contributed by atoms with Crippen LogP contribution >= 0.6 is 0 Å². The highest BCUT2D eigenvalue weighted by Crippen LogP contribution is 2.59. The first kappa shape index (κ1) is 16.8. The maximum atomic E-state index is 13.4. The summed E-state index contributed by atoms with van der Waals surface area (Å²) in [6.45, 7) is 7.01. The number of Topliss-reactive ketones (excluding diaryl/α,β-unsaturated/α-hetero) is 1. The zero-order chi connectivity index (χ0) is 19.2. The van der Waals surface area contributed by atoms with Crippen LogP contribution in [0, 0.1) is 5.41 Å². The lowest BCUT2D eigenvalue weighted by atomic mass is 9.63. The molecule has 0 spiro atoms. The predicted molar refractivity (Wildman–Crippen MR) is 93.3 cm³/mol. The first-order valence-corrected chi connectivity index (χ1v) is 8.43. The second-order valence-electron chi connectivity index (χ2n) is 7.64. The second-order valence-corrected chi connectivity index (χ2v) is 7.64. The van der Waals surface area contributed by atoms with Gasteiger partial charge in [0.2, 0.25) is 5.78 Å². The van der Waals surface area contributed by atoms with Crippen LogP contribution in [0.2, 0.25) is 0 Å². The van der Waals surface area contributed by atoms with Gasteiger partial charge >= 0.3 is 0 Å². The highest BCUT2D eigenvalue weighted by molar-refractivity contribution is 6.23. The summed E-state index contributed by atoms with van der Waals surface area (Å²) in [6, 6.07) is 1.42. The Morgan fingerprint density at radius 2 is 1.88 bits per heavy atom. The SMILES string of the molecule is COc1cc2c3c(c1O)C(=O)C1(O)C(=C3C(C)=CC2=O)OC(C)C1(C)C. The van der Waals surface area contributed by atoms with Gasteiger partial charge in [-0.15, -0.1) is 0 Å². The molecule has 0 saturated carbocycles. The first-order valence-electron chi connectivity index (χ1n) is 8.43. The van der Waals surface area contributed by atoms with E-state index in [1.54, 1.807) is 27.7 Å². The quantitative estimate of drug-likeness (QED) is 0.803. The van der Waals surface area contributed by atoms with Crippen molar-refractivity contribution >= 4 is 17.1 Å². The van der Waals surface area contributed by atoms with Crippen molar-refractivity contribution in [2.45, 2.75) is 39.4 Å². The number of benzene rings is 1. The molecule has 4 rings (SSSR count). The van der Waals surface area contributed by atoms with Gasteiger partial charge in [0.25, 0.3) is 0 Å². The zero-order valence-corrected chi connectivity index (χ0v) is 15.3. The number of allylic oxidation sites excluding steroid dienone is 3. The summed E-state index contributed by atoms with van der Waals surface area (Å²) in [7, 11) is 1.34. The molecule has 1 saturated heterocycles. The van der Waals surface area contributed by atoms with Crippen molar-refractivity contribution in [1.29, 1.82) is 0 Å². The Morgan fingerprint density at radius 3 is 2.50 bits per heavy atom. The van der Waals surface area contributed by atoms with Gasteiger partial charge in [-0.2, -0.15) is 0 Å². The molecule has 1 aliphatic heterocycles. The zero-order valence-electron chi connectivity index (χ0n) is 15.3. The summed E-state index contributed by atoms with van der Waals surface area (Å²) >= 11 is 0. The van der Waals surface area contributed by atoms with Crippen molar-refractivity contribution in [1.82, 2.24) is 0 Å². The van der Waals surface area contributed by atoms with Crippen LogP contribution in [0.5, 0.6) is 11.5 Å². The molecule has 6 heteroatoms. The largest absolute Gasteiger partial charge is 0.504 e. The van der Waals surface area contributed by atoms with Crippen LogP contribution in [0.1, 0.15) is 54.0 Å². The molecular formula is C20H20O6. The molecule has 1 aromatic carbocycles. The molecule has 0 aromatic heterocycles. The van der Waals surface area contributed by atoms with Crippen molar-refractivity contribution in [3.05, 3.63) is 40.2 Å². The molecule has 1 heterocycles. The molecule has 6 nitrogen and oxygen atoms in total. The number of carbonyl (C=O) groups is 2. The number of phenolic OH excluding ortho intramolecular Hbond substituents is 1. The molecule has 2 atom stereocenters. The monoisotopic (exact) mass is 356 g/mol. The van der Waals surface area contributed by atoms with Gasteiger partial charge in [-0.25, -0.2) is 0 Å². The van der Waals surface area contributed by atoms with E-state index < -0.39 is 22.9 Å². The number of phenols is 1. The van der Waals surface area contributed by atoms with Gasteiger partial charge in [0, 0.05) is 22.1 Å². The van der Waals surface area contributed by atoms with Crippen molar-refractivity contribution in [2.75, 3.05) is 7.11 Å². The van der Waals surface area contributed by atoms with E-state index in [0.717, 1.165) is 0 Å². The fraction of sp³-hybridized carbons (Fsp3) is 0.400. The van der Waals surface area contributed by atoms with Crippen LogP contribution in [0.25, 0.3) is 5.57 Å². The summed E-state index contributed by atoms with van der Waals surface area (Å²) < 4.78 is 11.1. The number of rotatable bonds is 1. The number of ketones is 2. The molecule has 3 aliphatic rings.